The van der Waals surface area contributed by atoms with E-state index in [1.165, 1.54) is 12.8 Å². The maximum Gasteiger partial charge on any atom is 0.364 e. The van der Waals surface area contributed by atoms with Gasteiger partial charge in [-0.25, -0.2) is 0 Å². The lowest BCUT2D eigenvalue weighted by Gasteiger charge is -2.27. The van der Waals surface area contributed by atoms with Crippen molar-refractivity contribution in [3.05, 3.63) is 12.2 Å². The Labute approximate surface area is 98.7 Å². The molecule has 3 nitrogen and oxygen atoms in total. The fraction of sp³-hybridized carbons (Fsp3) is 0.833. The summed E-state index contributed by atoms with van der Waals surface area (Å²) in [6.07, 6.45) is 8.62. The molecule has 0 aromatic carbocycles. The molecule has 2 aliphatic carbocycles. The molecule has 1 N–H and O–H groups in total. The molecular formula is C12H22O3Si. The zero-order chi connectivity index (χ0) is 11.6. The van der Waals surface area contributed by atoms with Gasteiger partial charge in [-0.3, -0.25) is 0 Å². The van der Waals surface area contributed by atoms with Crippen molar-refractivity contribution in [3.63, 3.8) is 0 Å². The first-order valence-corrected chi connectivity index (χ1v) is 8.35. The lowest BCUT2D eigenvalue weighted by atomic mass is 9.91. The Morgan fingerprint density at radius 1 is 1.25 bits per heavy atom. The van der Waals surface area contributed by atoms with Crippen molar-refractivity contribution in [1.82, 2.24) is 0 Å². The Balaban J connectivity index is 1.84. The Morgan fingerprint density at radius 2 is 2.00 bits per heavy atom. The van der Waals surface area contributed by atoms with Gasteiger partial charge in [-0.2, -0.15) is 0 Å². The molecule has 1 fully saturated rings. The smallest absolute Gasteiger partial charge is 0.364 e. The maximum absolute atomic E-state index is 9.38. The van der Waals surface area contributed by atoms with Crippen LogP contribution in [0, 0.1) is 17.8 Å². The van der Waals surface area contributed by atoms with Gasteiger partial charge in [0, 0.05) is 14.2 Å². The van der Waals surface area contributed by atoms with Crippen LogP contribution in [0.5, 0.6) is 0 Å². The highest BCUT2D eigenvalue weighted by molar-refractivity contribution is 6.67. The summed E-state index contributed by atoms with van der Waals surface area (Å²) < 4.78 is 10.8. The SMILES string of the molecule is CO[Si](CO)(CCC1CC2C=CC1C2)OC. The molecule has 0 spiro atoms. The van der Waals surface area contributed by atoms with Gasteiger partial charge in [-0.1, -0.05) is 12.2 Å². The lowest BCUT2D eigenvalue weighted by molar-refractivity contribution is 0.193. The van der Waals surface area contributed by atoms with Crippen LogP contribution in [0.25, 0.3) is 0 Å². The molecule has 4 heteroatoms. The van der Waals surface area contributed by atoms with E-state index >= 15 is 0 Å². The fourth-order valence-corrected chi connectivity index (χ4v) is 4.93. The zero-order valence-electron chi connectivity index (χ0n) is 10.2. The number of hydrogen-bond donors (Lipinski definition) is 1. The molecule has 0 aliphatic heterocycles. The van der Waals surface area contributed by atoms with Gasteiger partial charge in [0.1, 0.15) is 0 Å². The van der Waals surface area contributed by atoms with Crippen molar-refractivity contribution < 1.29 is 14.0 Å². The van der Waals surface area contributed by atoms with E-state index in [2.05, 4.69) is 12.2 Å². The third-order valence-corrected chi connectivity index (χ3v) is 7.32. The molecule has 16 heavy (non-hydrogen) atoms. The van der Waals surface area contributed by atoms with Gasteiger partial charge < -0.3 is 14.0 Å². The quantitative estimate of drug-likeness (QED) is 0.571. The maximum atomic E-state index is 9.38. The third-order valence-electron chi connectivity index (χ3n) is 4.30. The predicted molar refractivity (Wildman–Crippen MR) is 65.1 cm³/mol. The van der Waals surface area contributed by atoms with Crippen LogP contribution in [-0.2, 0) is 8.85 Å². The van der Waals surface area contributed by atoms with Crippen LogP contribution in [-0.4, -0.2) is 34.1 Å². The second-order valence-electron chi connectivity index (χ2n) is 5.06. The number of hydrogen-bond acceptors (Lipinski definition) is 3. The molecule has 0 heterocycles. The summed E-state index contributed by atoms with van der Waals surface area (Å²) in [5.74, 6) is 2.40. The highest BCUT2D eigenvalue weighted by Gasteiger charge is 2.40. The van der Waals surface area contributed by atoms with Crippen molar-refractivity contribution in [2.24, 2.45) is 17.8 Å². The Bertz CT molecular complexity index is 255. The standard InChI is InChI=1S/C12H22O3Si/c1-14-16(9-13,15-2)6-5-12-8-10-3-4-11(12)7-10/h3-4,10-13H,5-9H2,1-2H3. The van der Waals surface area contributed by atoms with E-state index < -0.39 is 8.56 Å². The number of allylic oxidation sites excluding steroid dienone is 2. The predicted octanol–water partition coefficient (Wildman–Crippen LogP) is 1.86. The zero-order valence-corrected chi connectivity index (χ0v) is 11.2. The number of aliphatic hydroxyl groups excluding tert-OH is 1. The summed E-state index contributed by atoms with van der Waals surface area (Å²) in [5.41, 5.74) is 0. The van der Waals surface area contributed by atoms with Crippen LogP contribution >= 0.6 is 0 Å². The number of fused-ring (bicyclic) bond motifs is 2. The normalized spacial score (nSPS) is 32.6. The second-order valence-corrected chi connectivity index (χ2v) is 8.51. The van der Waals surface area contributed by atoms with Crippen molar-refractivity contribution in [1.29, 1.82) is 0 Å². The molecule has 2 aliphatic rings. The van der Waals surface area contributed by atoms with E-state index in [1.54, 1.807) is 14.2 Å². The second kappa shape index (κ2) is 5.00. The van der Waals surface area contributed by atoms with Gasteiger partial charge in [-0.15, -0.1) is 0 Å². The summed E-state index contributed by atoms with van der Waals surface area (Å²) >= 11 is 0. The highest BCUT2D eigenvalue weighted by Crippen LogP contribution is 2.45. The lowest BCUT2D eigenvalue weighted by Crippen LogP contribution is -2.45. The van der Waals surface area contributed by atoms with Crippen molar-refractivity contribution in [3.8, 4) is 0 Å². The fourth-order valence-electron chi connectivity index (χ4n) is 3.13. The van der Waals surface area contributed by atoms with Crippen LogP contribution < -0.4 is 0 Å². The Kier molecular flexibility index (Phi) is 3.84. The first-order chi connectivity index (χ1) is 7.73. The summed E-state index contributed by atoms with van der Waals surface area (Å²) in [6, 6.07) is 0.915. The molecule has 3 unspecified atom stereocenters. The molecule has 92 valence electrons. The molecule has 0 aromatic rings. The van der Waals surface area contributed by atoms with Gasteiger partial charge in [0.15, 0.2) is 0 Å². The summed E-state index contributed by atoms with van der Waals surface area (Å²) in [7, 11) is 1.04. The van der Waals surface area contributed by atoms with Crippen LogP contribution in [0.3, 0.4) is 0 Å². The average Bonchev–Trinajstić information content (AvgIpc) is 2.93. The third kappa shape index (κ3) is 2.25. The first kappa shape index (κ1) is 12.3. The van der Waals surface area contributed by atoms with Crippen LogP contribution in [0.4, 0.5) is 0 Å². The minimum absolute atomic E-state index is 0.0661. The van der Waals surface area contributed by atoms with E-state index in [0.29, 0.717) is 0 Å². The molecule has 1 saturated carbocycles. The molecule has 0 radical (unpaired) electrons. The molecule has 2 rings (SSSR count). The Hall–Kier alpha value is -0.163. The summed E-state index contributed by atoms with van der Waals surface area (Å²) in [5, 5.41) is 9.38. The first-order valence-electron chi connectivity index (χ1n) is 6.12. The molecule has 3 atom stereocenters. The minimum Gasteiger partial charge on any atom is -0.396 e. The van der Waals surface area contributed by atoms with Gasteiger partial charge >= 0.3 is 8.56 Å². The van der Waals surface area contributed by atoms with Crippen molar-refractivity contribution in [2.45, 2.75) is 25.3 Å². The Morgan fingerprint density at radius 3 is 2.44 bits per heavy atom. The van der Waals surface area contributed by atoms with Gasteiger partial charge in [0.25, 0.3) is 0 Å². The highest BCUT2D eigenvalue weighted by atomic mass is 28.4. The average molecular weight is 242 g/mol. The van der Waals surface area contributed by atoms with E-state index in [0.717, 1.165) is 30.2 Å². The van der Waals surface area contributed by atoms with E-state index in [1.807, 2.05) is 0 Å². The topological polar surface area (TPSA) is 38.7 Å². The molecule has 2 bridgehead atoms. The molecule has 0 aromatic heterocycles. The van der Waals surface area contributed by atoms with Gasteiger partial charge in [0.05, 0.1) is 6.23 Å². The molecule has 0 amide bonds. The van der Waals surface area contributed by atoms with Gasteiger partial charge in [-0.05, 0) is 43.1 Å². The molecular weight excluding hydrogens is 220 g/mol. The van der Waals surface area contributed by atoms with Crippen LogP contribution in [0.2, 0.25) is 6.04 Å². The summed E-state index contributed by atoms with van der Waals surface area (Å²) in [4.78, 5) is 0. The van der Waals surface area contributed by atoms with E-state index in [-0.39, 0.29) is 6.23 Å². The van der Waals surface area contributed by atoms with E-state index in [4.69, 9.17) is 8.85 Å². The molecule has 0 saturated heterocycles. The van der Waals surface area contributed by atoms with Crippen molar-refractivity contribution in [2.75, 3.05) is 20.4 Å². The van der Waals surface area contributed by atoms with E-state index in [9.17, 15) is 5.11 Å². The van der Waals surface area contributed by atoms with Crippen LogP contribution in [0.1, 0.15) is 19.3 Å². The van der Waals surface area contributed by atoms with Gasteiger partial charge in [0.2, 0.25) is 0 Å². The number of aliphatic hydroxyl groups is 1. The van der Waals surface area contributed by atoms with Crippen LogP contribution in [0.15, 0.2) is 12.2 Å². The largest absolute Gasteiger partial charge is 0.396 e. The summed E-state index contributed by atoms with van der Waals surface area (Å²) in [6.45, 7) is 0. The minimum atomic E-state index is -2.28. The number of rotatable bonds is 6. The monoisotopic (exact) mass is 242 g/mol. The van der Waals surface area contributed by atoms with Crippen molar-refractivity contribution >= 4 is 8.56 Å².